The molecular weight excluding hydrogens is 206 g/mol. The number of hydrogen-bond acceptors (Lipinski definition) is 4. The highest BCUT2D eigenvalue weighted by Gasteiger charge is 2.13. The monoisotopic (exact) mass is 221 g/mol. The van der Waals surface area contributed by atoms with Crippen molar-refractivity contribution in [3.05, 3.63) is 23.3 Å². The Labute approximate surface area is 93.4 Å². The van der Waals surface area contributed by atoms with Gasteiger partial charge in [-0.15, -0.1) is 0 Å². The molecule has 1 atom stereocenters. The molecule has 0 amide bonds. The Morgan fingerprint density at radius 2 is 2.40 bits per heavy atom. The van der Waals surface area contributed by atoms with Gasteiger partial charge >= 0.3 is 0 Å². The molecule has 4 heteroatoms. The number of nitrogens with two attached hydrogens (primary N) is 1. The van der Waals surface area contributed by atoms with Crippen molar-refractivity contribution in [2.45, 2.75) is 25.7 Å². The van der Waals surface area contributed by atoms with Gasteiger partial charge in [0.15, 0.2) is 0 Å². The van der Waals surface area contributed by atoms with Crippen molar-refractivity contribution in [1.82, 2.24) is 9.97 Å². The summed E-state index contributed by atoms with van der Waals surface area (Å²) < 4.78 is 0. The van der Waals surface area contributed by atoms with Gasteiger partial charge in [-0.2, -0.15) is 0 Å². The summed E-state index contributed by atoms with van der Waals surface area (Å²) in [4.78, 5) is 9.94. The van der Waals surface area contributed by atoms with Crippen LogP contribution in [0.3, 0.4) is 0 Å². The average molecular weight is 221 g/mol. The van der Waals surface area contributed by atoms with Gasteiger partial charge in [0.1, 0.15) is 10.3 Å². The molecule has 2 N–H and O–H groups in total. The third kappa shape index (κ3) is 2.16. The number of rotatable bonds is 4. The Balaban J connectivity index is 2.34. The molecule has 2 aromatic heterocycles. The smallest absolute Gasteiger partial charge is 0.143 e. The first-order valence-corrected chi connectivity index (χ1v) is 6.08. The van der Waals surface area contributed by atoms with E-state index in [4.69, 9.17) is 5.73 Å². The molecule has 0 aliphatic carbocycles. The second kappa shape index (κ2) is 4.68. The van der Waals surface area contributed by atoms with Crippen LogP contribution in [0.2, 0.25) is 0 Å². The molecule has 0 aliphatic heterocycles. The lowest BCUT2D eigenvalue weighted by molar-refractivity contribution is 0.612. The quantitative estimate of drug-likeness (QED) is 0.863. The Hall–Kier alpha value is -1.00. The largest absolute Gasteiger partial charge is 0.330 e. The van der Waals surface area contributed by atoms with Gasteiger partial charge in [0.05, 0.1) is 5.01 Å². The predicted octanol–water partition coefficient (Wildman–Crippen LogP) is 2.53. The van der Waals surface area contributed by atoms with Crippen LogP contribution in [0.4, 0.5) is 0 Å². The lowest BCUT2D eigenvalue weighted by Crippen LogP contribution is -2.06. The molecule has 15 heavy (non-hydrogen) atoms. The van der Waals surface area contributed by atoms with Gasteiger partial charge in [0, 0.05) is 12.1 Å². The molecule has 0 spiro atoms. The van der Waals surface area contributed by atoms with Gasteiger partial charge in [0.2, 0.25) is 0 Å². The summed E-state index contributed by atoms with van der Waals surface area (Å²) in [6.45, 7) is 2.90. The van der Waals surface area contributed by atoms with Crippen LogP contribution in [0.1, 0.15) is 30.7 Å². The first kappa shape index (κ1) is 10.5. The molecule has 2 heterocycles. The fourth-order valence-corrected chi connectivity index (χ4v) is 2.79. The van der Waals surface area contributed by atoms with E-state index in [1.54, 1.807) is 11.3 Å². The van der Waals surface area contributed by atoms with Crippen molar-refractivity contribution < 1.29 is 0 Å². The number of hydrogen-bond donors (Lipinski definition) is 1. The lowest BCUT2D eigenvalue weighted by atomic mass is 10.0. The molecule has 0 aromatic carbocycles. The van der Waals surface area contributed by atoms with Gasteiger partial charge in [-0.1, -0.05) is 18.3 Å². The van der Waals surface area contributed by atoms with E-state index in [1.165, 1.54) is 5.01 Å². The van der Waals surface area contributed by atoms with Crippen LogP contribution in [0.15, 0.2) is 18.3 Å². The van der Waals surface area contributed by atoms with Crippen molar-refractivity contribution >= 4 is 21.7 Å². The number of aromatic nitrogens is 2. The summed E-state index contributed by atoms with van der Waals surface area (Å²) in [5, 5.41) is 1.18. The maximum atomic E-state index is 5.60. The molecule has 0 aliphatic rings. The summed E-state index contributed by atoms with van der Waals surface area (Å²) in [6.07, 6.45) is 3.92. The van der Waals surface area contributed by atoms with Crippen LogP contribution in [-0.4, -0.2) is 16.5 Å². The highest BCUT2D eigenvalue weighted by atomic mass is 32.1. The van der Waals surface area contributed by atoms with E-state index in [9.17, 15) is 0 Å². The number of nitrogens with zero attached hydrogens (tertiary/aromatic N) is 2. The summed E-state index contributed by atoms with van der Waals surface area (Å²) in [6, 6.07) is 3.94. The molecule has 0 bridgehead atoms. The van der Waals surface area contributed by atoms with E-state index < -0.39 is 0 Å². The maximum absolute atomic E-state index is 5.60. The fourth-order valence-electron chi connectivity index (χ4n) is 1.66. The van der Waals surface area contributed by atoms with Crippen LogP contribution in [0, 0.1) is 0 Å². The zero-order valence-corrected chi connectivity index (χ0v) is 9.63. The molecule has 0 saturated carbocycles. The van der Waals surface area contributed by atoms with E-state index in [-0.39, 0.29) is 0 Å². The molecule has 0 saturated heterocycles. The standard InChI is InChI=1S/C11H15N3S/c1-2-8(5-6-12)10-14-9-4-3-7-13-11(9)15-10/h3-4,7-8H,2,5-6,12H2,1H3. The van der Waals surface area contributed by atoms with Crippen molar-refractivity contribution in [2.24, 2.45) is 5.73 Å². The summed E-state index contributed by atoms with van der Waals surface area (Å²) >= 11 is 1.69. The summed E-state index contributed by atoms with van der Waals surface area (Å²) in [5.41, 5.74) is 6.61. The first-order valence-electron chi connectivity index (χ1n) is 5.26. The predicted molar refractivity (Wildman–Crippen MR) is 64.1 cm³/mol. The lowest BCUT2D eigenvalue weighted by Gasteiger charge is -2.08. The van der Waals surface area contributed by atoms with Crippen LogP contribution < -0.4 is 5.73 Å². The summed E-state index contributed by atoms with van der Waals surface area (Å²) in [7, 11) is 0. The zero-order chi connectivity index (χ0) is 10.7. The van der Waals surface area contributed by atoms with Gasteiger partial charge < -0.3 is 5.73 Å². The molecule has 3 nitrogen and oxygen atoms in total. The van der Waals surface area contributed by atoms with Gasteiger partial charge in [0.25, 0.3) is 0 Å². The Morgan fingerprint density at radius 1 is 1.53 bits per heavy atom. The second-order valence-electron chi connectivity index (χ2n) is 3.56. The van der Waals surface area contributed by atoms with E-state index in [2.05, 4.69) is 16.9 Å². The van der Waals surface area contributed by atoms with Crippen LogP contribution in [0.5, 0.6) is 0 Å². The van der Waals surface area contributed by atoms with Crippen LogP contribution in [-0.2, 0) is 0 Å². The Kier molecular flexibility index (Phi) is 3.28. The number of fused-ring (bicyclic) bond motifs is 1. The van der Waals surface area contributed by atoms with E-state index in [0.717, 1.165) is 29.7 Å². The minimum atomic E-state index is 0.495. The average Bonchev–Trinajstić information content (AvgIpc) is 2.69. The molecule has 0 fully saturated rings. The molecule has 80 valence electrons. The minimum absolute atomic E-state index is 0.495. The van der Waals surface area contributed by atoms with E-state index in [1.807, 2.05) is 18.3 Å². The fraction of sp³-hybridized carbons (Fsp3) is 0.455. The second-order valence-corrected chi connectivity index (χ2v) is 4.57. The number of thiazole rings is 1. The Morgan fingerprint density at radius 3 is 3.07 bits per heavy atom. The molecule has 1 unspecified atom stereocenters. The van der Waals surface area contributed by atoms with Crippen molar-refractivity contribution in [3.63, 3.8) is 0 Å². The van der Waals surface area contributed by atoms with Gasteiger partial charge in [-0.3, -0.25) is 0 Å². The van der Waals surface area contributed by atoms with Crippen LogP contribution >= 0.6 is 11.3 Å². The SMILES string of the molecule is CCC(CCN)c1nc2cccnc2s1. The molecular formula is C11H15N3S. The zero-order valence-electron chi connectivity index (χ0n) is 8.81. The minimum Gasteiger partial charge on any atom is -0.330 e. The third-order valence-corrected chi connectivity index (χ3v) is 3.68. The van der Waals surface area contributed by atoms with Crippen molar-refractivity contribution in [2.75, 3.05) is 6.54 Å². The van der Waals surface area contributed by atoms with Gasteiger partial charge in [-0.25, -0.2) is 9.97 Å². The number of pyridine rings is 1. The molecule has 0 radical (unpaired) electrons. The van der Waals surface area contributed by atoms with E-state index >= 15 is 0 Å². The van der Waals surface area contributed by atoms with Gasteiger partial charge in [-0.05, 0) is 31.5 Å². The molecule has 2 aromatic rings. The first-order chi connectivity index (χ1) is 7.35. The van der Waals surface area contributed by atoms with Crippen molar-refractivity contribution in [3.8, 4) is 0 Å². The van der Waals surface area contributed by atoms with Crippen LogP contribution in [0.25, 0.3) is 10.3 Å². The van der Waals surface area contributed by atoms with Crippen molar-refractivity contribution in [1.29, 1.82) is 0 Å². The highest BCUT2D eigenvalue weighted by molar-refractivity contribution is 7.18. The Bertz CT molecular complexity index is 405. The van der Waals surface area contributed by atoms with E-state index in [0.29, 0.717) is 5.92 Å². The normalized spacial score (nSPS) is 13.2. The summed E-state index contributed by atoms with van der Waals surface area (Å²) in [5.74, 6) is 0.495. The highest BCUT2D eigenvalue weighted by Crippen LogP contribution is 2.29. The molecule has 2 rings (SSSR count). The third-order valence-electron chi connectivity index (χ3n) is 2.54. The topological polar surface area (TPSA) is 51.8 Å². The maximum Gasteiger partial charge on any atom is 0.143 e.